The van der Waals surface area contributed by atoms with Crippen LogP contribution in [-0.2, 0) is 4.74 Å². The van der Waals surface area contributed by atoms with Crippen LogP contribution in [0, 0.1) is 0 Å². The Bertz CT molecular complexity index is 175. The minimum absolute atomic E-state index is 0.239. The monoisotopic (exact) mass is 239 g/mol. The van der Waals surface area contributed by atoms with E-state index in [1.54, 1.807) is 0 Å². The molecule has 0 aliphatic carbocycles. The summed E-state index contributed by atoms with van der Waals surface area (Å²) in [5.74, 6) is 0. The molecule has 2 nitrogen and oxygen atoms in total. The lowest BCUT2D eigenvalue weighted by atomic mass is 10.2. The summed E-state index contributed by atoms with van der Waals surface area (Å²) in [7, 11) is 0. The molecule has 92 valence electrons. The Morgan fingerprint density at radius 3 is 1.73 bits per heavy atom. The summed E-state index contributed by atoms with van der Waals surface area (Å²) in [5.41, 5.74) is 5.15. The number of alkyl halides is 6. The van der Waals surface area contributed by atoms with Crippen LogP contribution < -0.4 is 5.73 Å². The maximum atomic E-state index is 11.9. The van der Waals surface area contributed by atoms with Crippen molar-refractivity contribution in [3.8, 4) is 0 Å². The van der Waals surface area contributed by atoms with E-state index in [9.17, 15) is 26.3 Å². The van der Waals surface area contributed by atoms with Gasteiger partial charge in [0.2, 0.25) is 6.10 Å². The summed E-state index contributed by atoms with van der Waals surface area (Å²) >= 11 is 0. The fraction of sp³-hybridized carbons (Fsp3) is 1.00. The zero-order valence-electron chi connectivity index (χ0n) is 7.82. The van der Waals surface area contributed by atoms with E-state index in [1.165, 1.54) is 6.92 Å². The number of hydrogen-bond acceptors (Lipinski definition) is 2. The fourth-order valence-corrected chi connectivity index (χ4v) is 0.712. The zero-order valence-corrected chi connectivity index (χ0v) is 7.82. The van der Waals surface area contributed by atoms with Gasteiger partial charge in [-0.05, 0) is 6.42 Å². The highest BCUT2D eigenvalue weighted by Crippen LogP contribution is 2.35. The normalized spacial score (nSPS) is 15.8. The molecule has 0 fully saturated rings. The third-order valence-corrected chi connectivity index (χ3v) is 1.60. The third-order valence-electron chi connectivity index (χ3n) is 1.60. The second-order valence-corrected chi connectivity index (χ2v) is 2.96. The summed E-state index contributed by atoms with van der Waals surface area (Å²) in [6.45, 7) is 0.754. The molecule has 0 spiro atoms. The van der Waals surface area contributed by atoms with Crippen molar-refractivity contribution in [2.24, 2.45) is 5.73 Å². The van der Waals surface area contributed by atoms with Crippen LogP contribution in [0.4, 0.5) is 26.3 Å². The number of ether oxygens (including phenoxy) is 1. The van der Waals surface area contributed by atoms with Gasteiger partial charge < -0.3 is 10.5 Å². The molecule has 0 aliphatic rings. The van der Waals surface area contributed by atoms with Gasteiger partial charge in [-0.3, -0.25) is 0 Å². The molecule has 0 bridgehead atoms. The largest absolute Gasteiger partial charge is 0.423 e. The summed E-state index contributed by atoms with van der Waals surface area (Å²) in [6.07, 6.45) is -14.5. The van der Waals surface area contributed by atoms with Crippen LogP contribution in [0.3, 0.4) is 0 Å². The fourth-order valence-electron chi connectivity index (χ4n) is 0.712. The van der Waals surface area contributed by atoms with E-state index in [0.717, 1.165) is 0 Å². The van der Waals surface area contributed by atoms with Gasteiger partial charge in [-0.25, -0.2) is 0 Å². The molecule has 0 saturated carbocycles. The molecule has 0 radical (unpaired) electrons. The van der Waals surface area contributed by atoms with Crippen molar-refractivity contribution in [2.45, 2.75) is 37.8 Å². The Kier molecular flexibility index (Phi) is 4.85. The summed E-state index contributed by atoms with van der Waals surface area (Å²) in [4.78, 5) is 0. The molecule has 8 heteroatoms. The molecule has 0 aliphatic heterocycles. The lowest BCUT2D eigenvalue weighted by Gasteiger charge is -2.24. The average Bonchev–Trinajstić information content (AvgIpc) is 1.99. The van der Waals surface area contributed by atoms with Crippen molar-refractivity contribution >= 4 is 0 Å². The van der Waals surface area contributed by atoms with Crippen LogP contribution in [0.5, 0.6) is 0 Å². The lowest BCUT2D eigenvalue weighted by Crippen LogP contribution is -2.46. The van der Waals surface area contributed by atoms with Crippen LogP contribution in [0.1, 0.15) is 13.3 Å². The second-order valence-electron chi connectivity index (χ2n) is 2.96. The van der Waals surface area contributed by atoms with Crippen LogP contribution in [0.25, 0.3) is 0 Å². The van der Waals surface area contributed by atoms with E-state index in [2.05, 4.69) is 4.74 Å². The Hall–Kier alpha value is -0.500. The van der Waals surface area contributed by atoms with Crippen molar-refractivity contribution in [3.05, 3.63) is 0 Å². The van der Waals surface area contributed by atoms with Crippen molar-refractivity contribution in [1.29, 1.82) is 0 Å². The van der Waals surface area contributed by atoms with Crippen LogP contribution in [0.2, 0.25) is 0 Å². The molecular formula is C7H11F6NO. The van der Waals surface area contributed by atoms with Crippen LogP contribution in [-0.4, -0.2) is 31.1 Å². The molecule has 0 aromatic carbocycles. The van der Waals surface area contributed by atoms with Crippen LogP contribution >= 0.6 is 0 Å². The van der Waals surface area contributed by atoms with Gasteiger partial charge in [0.05, 0.1) is 6.61 Å². The topological polar surface area (TPSA) is 35.2 Å². The van der Waals surface area contributed by atoms with Crippen molar-refractivity contribution in [2.75, 3.05) is 6.61 Å². The van der Waals surface area contributed by atoms with E-state index in [4.69, 9.17) is 5.73 Å². The minimum Gasteiger partial charge on any atom is -0.359 e. The Balaban J connectivity index is 4.42. The van der Waals surface area contributed by atoms with Gasteiger partial charge in [0.25, 0.3) is 0 Å². The van der Waals surface area contributed by atoms with Crippen molar-refractivity contribution < 1.29 is 31.1 Å². The molecule has 0 rings (SSSR count). The maximum Gasteiger partial charge on any atom is 0.423 e. The molecule has 2 N–H and O–H groups in total. The van der Waals surface area contributed by atoms with Gasteiger partial charge in [0.15, 0.2) is 0 Å². The van der Waals surface area contributed by atoms with Crippen LogP contribution in [0.15, 0.2) is 0 Å². The maximum absolute atomic E-state index is 11.9. The molecule has 15 heavy (non-hydrogen) atoms. The van der Waals surface area contributed by atoms with Gasteiger partial charge in [-0.15, -0.1) is 0 Å². The SMILES string of the molecule is CCC(N)COC(C(F)(F)F)C(F)(F)F. The van der Waals surface area contributed by atoms with Gasteiger partial charge in [-0.2, -0.15) is 26.3 Å². The lowest BCUT2D eigenvalue weighted by molar-refractivity contribution is -0.322. The van der Waals surface area contributed by atoms with Crippen molar-refractivity contribution in [3.63, 3.8) is 0 Å². The van der Waals surface area contributed by atoms with Gasteiger partial charge >= 0.3 is 12.4 Å². The van der Waals surface area contributed by atoms with E-state index in [1.807, 2.05) is 0 Å². The summed E-state index contributed by atoms with van der Waals surface area (Å²) in [6, 6.07) is -0.836. The van der Waals surface area contributed by atoms with Crippen molar-refractivity contribution in [1.82, 2.24) is 0 Å². The predicted octanol–water partition coefficient (Wildman–Crippen LogP) is 2.23. The smallest absolute Gasteiger partial charge is 0.359 e. The molecule has 1 unspecified atom stereocenters. The first-order valence-corrected chi connectivity index (χ1v) is 4.09. The number of nitrogens with two attached hydrogens (primary N) is 1. The molecule has 0 amide bonds. The standard InChI is InChI=1S/C7H11F6NO/c1-2-4(14)3-15-5(6(8,9)10)7(11,12)13/h4-5H,2-3,14H2,1H3. The third kappa shape index (κ3) is 5.22. The van der Waals surface area contributed by atoms with E-state index in [0.29, 0.717) is 0 Å². The molecule has 0 aromatic rings. The van der Waals surface area contributed by atoms with Gasteiger partial charge in [0.1, 0.15) is 0 Å². The van der Waals surface area contributed by atoms with Gasteiger partial charge in [-0.1, -0.05) is 6.92 Å². The Labute approximate surface area is 82.4 Å². The molecule has 0 heterocycles. The summed E-state index contributed by atoms with van der Waals surface area (Å²) < 4.78 is 75.1. The molecule has 0 saturated heterocycles. The first-order chi connectivity index (χ1) is 6.59. The summed E-state index contributed by atoms with van der Waals surface area (Å²) in [5, 5.41) is 0. The highest BCUT2D eigenvalue weighted by atomic mass is 19.4. The molecular weight excluding hydrogens is 228 g/mol. The average molecular weight is 239 g/mol. The first-order valence-electron chi connectivity index (χ1n) is 4.09. The zero-order chi connectivity index (χ0) is 12.3. The van der Waals surface area contributed by atoms with Gasteiger partial charge in [0, 0.05) is 6.04 Å². The van der Waals surface area contributed by atoms with E-state index >= 15 is 0 Å². The number of halogens is 6. The Morgan fingerprint density at radius 1 is 1.07 bits per heavy atom. The Morgan fingerprint density at radius 2 is 1.47 bits per heavy atom. The first kappa shape index (κ1) is 14.5. The number of hydrogen-bond donors (Lipinski definition) is 1. The van der Waals surface area contributed by atoms with E-state index < -0.39 is 31.1 Å². The molecule has 0 aromatic heterocycles. The highest BCUT2D eigenvalue weighted by Gasteiger charge is 2.57. The quantitative estimate of drug-likeness (QED) is 0.763. The highest BCUT2D eigenvalue weighted by molar-refractivity contribution is 4.76. The minimum atomic E-state index is -5.47. The van der Waals surface area contributed by atoms with E-state index in [-0.39, 0.29) is 6.42 Å². The predicted molar refractivity (Wildman–Crippen MR) is 40.1 cm³/mol. The molecule has 1 atom stereocenters. The number of rotatable bonds is 4. The second kappa shape index (κ2) is 5.02.